The minimum absolute atomic E-state index is 0.0555. The predicted molar refractivity (Wildman–Crippen MR) is 68.2 cm³/mol. The van der Waals surface area contributed by atoms with Gasteiger partial charge in [-0.3, -0.25) is 0 Å². The third kappa shape index (κ3) is 2.31. The van der Waals surface area contributed by atoms with E-state index in [1.54, 1.807) is 12.1 Å². The van der Waals surface area contributed by atoms with Crippen LogP contribution in [0, 0.1) is 0 Å². The molecule has 0 bridgehead atoms. The molecule has 7 heteroatoms. The Balaban J connectivity index is 2.53. The highest BCUT2D eigenvalue weighted by Crippen LogP contribution is 2.34. The Labute approximate surface area is 115 Å². The van der Waals surface area contributed by atoms with Gasteiger partial charge in [0.15, 0.2) is 5.69 Å². The molecule has 0 aliphatic heterocycles. The van der Waals surface area contributed by atoms with E-state index in [1.807, 2.05) is 0 Å². The van der Waals surface area contributed by atoms with Crippen LogP contribution < -0.4 is 0 Å². The topological polar surface area (TPSA) is 55.1 Å². The average molecular weight is 336 g/mol. The first-order chi connectivity index (χ1) is 8.00. The van der Waals surface area contributed by atoms with E-state index >= 15 is 0 Å². The molecule has 17 heavy (non-hydrogen) atoms. The number of carboxylic acids is 1. The molecule has 1 aromatic heterocycles. The zero-order valence-corrected chi connectivity index (χ0v) is 11.3. The van der Waals surface area contributed by atoms with Crippen molar-refractivity contribution < 1.29 is 9.90 Å². The summed E-state index contributed by atoms with van der Waals surface area (Å²) in [5.74, 6) is -1.09. The van der Waals surface area contributed by atoms with Crippen LogP contribution in [0.25, 0.3) is 5.69 Å². The van der Waals surface area contributed by atoms with Gasteiger partial charge in [-0.1, -0.05) is 23.2 Å². The second-order valence-corrected chi connectivity index (χ2v) is 4.76. The first-order valence-corrected chi connectivity index (χ1v) is 5.98. The lowest BCUT2D eigenvalue weighted by Crippen LogP contribution is -2.01. The Morgan fingerprint density at radius 3 is 2.59 bits per heavy atom. The first kappa shape index (κ1) is 12.4. The van der Waals surface area contributed by atoms with Gasteiger partial charge in [0.1, 0.15) is 0 Å². The summed E-state index contributed by atoms with van der Waals surface area (Å²) < 4.78 is 2.03. The third-order valence-corrected chi connectivity index (χ3v) is 3.83. The van der Waals surface area contributed by atoms with Crippen LogP contribution in [0.5, 0.6) is 0 Å². The smallest absolute Gasteiger partial charge is 0.356 e. The van der Waals surface area contributed by atoms with Crippen LogP contribution in [0.4, 0.5) is 0 Å². The molecule has 4 nitrogen and oxygen atoms in total. The van der Waals surface area contributed by atoms with Gasteiger partial charge in [-0.2, -0.15) is 5.10 Å². The van der Waals surface area contributed by atoms with Gasteiger partial charge in [0.25, 0.3) is 0 Å². The Bertz CT molecular complexity index is 598. The standard InChI is InChI=1S/C10H5BrCl2N2O2/c11-5-1-2-7(9(13)8(5)12)15-4-3-6(14-15)10(16)17/h1-4H,(H,16,17). The molecule has 0 spiro atoms. The molecule has 0 saturated heterocycles. The van der Waals surface area contributed by atoms with E-state index in [2.05, 4.69) is 21.0 Å². The summed E-state index contributed by atoms with van der Waals surface area (Å²) in [6, 6.07) is 4.79. The summed E-state index contributed by atoms with van der Waals surface area (Å²) in [5, 5.41) is 13.3. The van der Waals surface area contributed by atoms with E-state index in [-0.39, 0.29) is 5.69 Å². The highest BCUT2D eigenvalue weighted by atomic mass is 79.9. The normalized spacial score (nSPS) is 10.5. The number of hydrogen-bond acceptors (Lipinski definition) is 2. The Kier molecular flexibility index (Phi) is 3.42. The molecule has 0 aliphatic rings. The highest BCUT2D eigenvalue weighted by molar-refractivity contribution is 9.10. The van der Waals surface area contributed by atoms with Crippen molar-refractivity contribution in [2.24, 2.45) is 0 Å². The molecule has 2 aromatic rings. The minimum atomic E-state index is -1.09. The number of carboxylic acid groups (broad SMARTS) is 1. The monoisotopic (exact) mass is 334 g/mol. The molecule has 2 rings (SSSR count). The van der Waals surface area contributed by atoms with E-state index < -0.39 is 5.97 Å². The molecule has 0 fully saturated rings. The molecular formula is C10H5BrCl2N2O2. The molecule has 0 radical (unpaired) electrons. The van der Waals surface area contributed by atoms with Crippen molar-refractivity contribution in [3.63, 3.8) is 0 Å². The summed E-state index contributed by atoms with van der Waals surface area (Å²) >= 11 is 15.3. The van der Waals surface area contributed by atoms with Crippen molar-refractivity contribution in [1.82, 2.24) is 9.78 Å². The SMILES string of the molecule is O=C(O)c1ccn(-c2ccc(Br)c(Cl)c2Cl)n1. The molecular weight excluding hydrogens is 331 g/mol. The number of hydrogen-bond donors (Lipinski definition) is 1. The second-order valence-electron chi connectivity index (χ2n) is 3.15. The van der Waals surface area contributed by atoms with E-state index in [4.69, 9.17) is 28.3 Å². The lowest BCUT2D eigenvalue weighted by Gasteiger charge is -2.06. The molecule has 0 unspecified atom stereocenters. The zero-order valence-electron chi connectivity index (χ0n) is 8.19. The van der Waals surface area contributed by atoms with Gasteiger partial charge >= 0.3 is 5.97 Å². The van der Waals surface area contributed by atoms with Crippen LogP contribution in [-0.4, -0.2) is 20.9 Å². The third-order valence-electron chi connectivity index (χ3n) is 2.07. The minimum Gasteiger partial charge on any atom is -0.476 e. The van der Waals surface area contributed by atoms with Crippen LogP contribution in [0.1, 0.15) is 10.5 Å². The van der Waals surface area contributed by atoms with Crippen LogP contribution in [0.3, 0.4) is 0 Å². The molecule has 1 heterocycles. The van der Waals surface area contributed by atoms with Crippen molar-refractivity contribution >= 4 is 45.1 Å². The van der Waals surface area contributed by atoms with E-state index in [0.29, 0.717) is 20.2 Å². The molecule has 1 aromatic carbocycles. The molecule has 0 aliphatic carbocycles. The maximum atomic E-state index is 10.7. The van der Waals surface area contributed by atoms with Crippen LogP contribution in [0.15, 0.2) is 28.9 Å². The predicted octanol–water partition coefficient (Wildman–Crippen LogP) is 3.64. The van der Waals surface area contributed by atoms with Crippen molar-refractivity contribution in [1.29, 1.82) is 0 Å². The van der Waals surface area contributed by atoms with Crippen molar-refractivity contribution in [3.05, 3.63) is 44.6 Å². The molecule has 1 N–H and O–H groups in total. The number of nitrogens with zero attached hydrogens (tertiary/aromatic N) is 2. The fourth-order valence-electron chi connectivity index (χ4n) is 1.26. The fourth-order valence-corrected chi connectivity index (χ4v) is 2.12. The summed E-state index contributed by atoms with van der Waals surface area (Å²) in [7, 11) is 0. The number of carbonyl (C=O) groups is 1. The molecule has 0 atom stereocenters. The summed E-state index contributed by atoms with van der Waals surface area (Å²) in [6.45, 7) is 0. The molecule has 88 valence electrons. The maximum absolute atomic E-state index is 10.7. The van der Waals surface area contributed by atoms with Crippen LogP contribution in [-0.2, 0) is 0 Å². The Hall–Kier alpha value is -1.04. The Morgan fingerprint density at radius 2 is 2.00 bits per heavy atom. The van der Waals surface area contributed by atoms with E-state index in [1.165, 1.54) is 16.9 Å². The second kappa shape index (κ2) is 4.68. The van der Waals surface area contributed by atoms with Crippen molar-refractivity contribution in [3.8, 4) is 5.69 Å². The molecule has 0 amide bonds. The first-order valence-electron chi connectivity index (χ1n) is 4.43. The number of aromatic carboxylic acids is 1. The highest BCUT2D eigenvalue weighted by Gasteiger charge is 2.13. The largest absolute Gasteiger partial charge is 0.476 e. The van der Waals surface area contributed by atoms with E-state index in [0.717, 1.165) is 0 Å². The Morgan fingerprint density at radius 1 is 1.29 bits per heavy atom. The summed E-state index contributed by atoms with van der Waals surface area (Å²) in [4.78, 5) is 10.7. The number of aromatic nitrogens is 2. The van der Waals surface area contributed by atoms with Crippen LogP contribution in [0.2, 0.25) is 10.0 Å². The lowest BCUT2D eigenvalue weighted by molar-refractivity contribution is 0.0690. The number of benzene rings is 1. The average Bonchev–Trinajstić information content (AvgIpc) is 2.75. The van der Waals surface area contributed by atoms with Gasteiger partial charge in [0.2, 0.25) is 0 Å². The quantitative estimate of drug-likeness (QED) is 0.852. The van der Waals surface area contributed by atoms with Crippen LogP contribution >= 0.6 is 39.1 Å². The lowest BCUT2D eigenvalue weighted by atomic mass is 10.3. The van der Waals surface area contributed by atoms with Crippen molar-refractivity contribution in [2.45, 2.75) is 0 Å². The van der Waals surface area contributed by atoms with Crippen molar-refractivity contribution in [2.75, 3.05) is 0 Å². The van der Waals surface area contributed by atoms with Gasteiger partial charge in [0, 0.05) is 10.7 Å². The van der Waals surface area contributed by atoms with Gasteiger partial charge in [-0.15, -0.1) is 0 Å². The van der Waals surface area contributed by atoms with Gasteiger partial charge < -0.3 is 5.11 Å². The molecule has 0 saturated carbocycles. The zero-order chi connectivity index (χ0) is 12.6. The maximum Gasteiger partial charge on any atom is 0.356 e. The number of halogens is 3. The summed E-state index contributed by atoms with van der Waals surface area (Å²) in [6.07, 6.45) is 1.51. The van der Waals surface area contributed by atoms with Gasteiger partial charge in [-0.05, 0) is 34.1 Å². The van der Waals surface area contributed by atoms with Gasteiger partial charge in [0.05, 0.1) is 15.7 Å². The van der Waals surface area contributed by atoms with Gasteiger partial charge in [-0.25, -0.2) is 9.48 Å². The number of rotatable bonds is 2. The summed E-state index contributed by atoms with van der Waals surface area (Å²) in [5.41, 5.74) is 0.465. The van der Waals surface area contributed by atoms with E-state index in [9.17, 15) is 4.79 Å². The fraction of sp³-hybridized carbons (Fsp3) is 0.